The molecule has 2 aromatic heterocycles. The molecule has 0 saturated heterocycles. The lowest BCUT2D eigenvalue weighted by atomic mass is 9.96. The van der Waals surface area contributed by atoms with E-state index in [1.165, 1.54) is 10.9 Å². The standard InChI is InChI=1S/C13H20N6O4.C6H8O7/c1-7(2)8(14)12(21)23-4-3-22-6-19-5-16-9-10(19)17-13(15)18-11(9)20;7-3(8)1-6(13,5(11)12)2-4(9)10/h5,7-8H,3-4,6,14H2,1-2H3,(H3,15,17,18,20);13H,1-2H2,(H,7,8)(H,9,10)(H,11,12)/p-3/t8-;/m0./s1. The zero-order valence-corrected chi connectivity index (χ0v) is 19.3. The van der Waals surface area contributed by atoms with Crippen molar-refractivity contribution in [3.63, 3.8) is 0 Å². The number of aliphatic hydroxyl groups is 1. The summed E-state index contributed by atoms with van der Waals surface area (Å²) in [6.45, 7) is 4.04. The smallest absolute Gasteiger partial charge is 0.323 e. The van der Waals surface area contributed by atoms with E-state index in [2.05, 4.69) is 15.0 Å². The summed E-state index contributed by atoms with van der Waals surface area (Å²) in [6.07, 6.45) is -1.29. The number of carbonyl (C=O) groups excluding carboxylic acids is 4. The van der Waals surface area contributed by atoms with E-state index >= 15 is 0 Å². The van der Waals surface area contributed by atoms with Crippen molar-refractivity contribution in [2.24, 2.45) is 11.7 Å². The molecule has 0 saturated carbocycles. The molecule has 0 fully saturated rings. The SMILES string of the molecule is CC(C)[C@H](N)C(=O)OCCOCn1cnc2c(=O)[nH]c(N)nc21.O=C([O-])CC(O)(CC(=O)[O-])C(=O)[O-]. The molecule has 2 rings (SSSR count). The normalized spacial score (nSPS) is 12.0. The number of carboxylic acids is 3. The summed E-state index contributed by atoms with van der Waals surface area (Å²) < 4.78 is 11.9. The van der Waals surface area contributed by atoms with Crippen molar-refractivity contribution in [2.45, 2.75) is 45.1 Å². The van der Waals surface area contributed by atoms with Crippen LogP contribution in [0.2, 0.25) is 0 Å². The Balaban J connectivity index is 0.000000426. The molecule has 6 N–H and O–H groups in total. The van der Waals surface area contributed by atoms with Crippen LogP contribution in [0.5, 0.6) is 0 Å². The van der Waals surface area contributed by atoms with E-state index in [1.807, 2.05) is 13.8 Å². The quantitative estimate of drug-likeness (QED) is 0.152. The third-order valence-electron chi connectivity index (χ3n) is 4.44. The van der Waals surface area contributed by atoms with Gasteiger partial charge in [-0.25, -0.2) is 4.98 Å². The number of hydrogen-bond donors (Lipinski definition) is 4. The third kappa shape index (κ3) is 8.93. The van der Waals surface area contributed by atoms with Gasteiger partial charge in [0.1, 0.15) is 25.0 Å². The Labute approximate surface area is 202 Å². The molecule has 0 aromatic carbocycles. The molecule has 17 heteroatoms. The Morgan fingerprint density at radius 1 is 1.17 bits per heavy atom. The fourth-order valence-electron chi connectivity index (χ4n) is 2.48. The second kappa shape index (κ2) is 13.1. The van der Waals surface area contributed by atoms with E-state index in [9.17, 15) is 39.3 Å². The molecule has 200 valence electrons. The number of carbonyl (C=O) groups is 4. The van der Waals surface area contributed by atoms with E-state index in [-0.39, 0.29) is 37.3 Å². The lowest BCUT2D eigenvalue weighted by Gasteiger charge is -2.29. The molecule has 2 heterocycles. The molecular formula is C19H25N6O11-3. The monoisotopic (exact) mass is 513 g/mol. The number of ether oxygens (including phenoxy) is 2. The van der Waals surface area contributed by atoms with Crippen LogP contribution >= 0.6 is 0 Å². The number of fused-ring (bicyclic) bond motifs is 1. The summed E-state index contributed by atoms with van der Waals surface area (Å²) >= 11 is 0. The van der Waals surface area contributed by atoms with E-state index in [0.717, 1.165) is 0 Å². The van der Waals surface area contributed by atoms with Gasteiger partial charge in [0.05, 0.1) is 18.9 Å². The Hall–Kier alpha value is -4.09. The maximum Gasteiger partial charge on any atom is 0.323 e. The van der Waals surface area contributed by atoms with Crippen LogP contribution in [0.3, 0.4) is 0 Å². The third-order valence-corrected chi connectivity index (χ3v) is 4.44. The molecule has 0 bridgehead atoms. The van der Waals surface area contributed by atoms with Gasteiger partial charge in [0.15, 0.2) is 11.2 Å². The molecule has 0 aliphatic heterocycles. The number of nitrogens with zero attached hydrogens (tertiary/aromatic N) is 3. The molecule has 0 amide bonds. The topological polar surface area (TPSA) is 292 Å². The van der Waals surface area contributed by atoms with Gasteiger partial charge in [0.2, 0.25) is 5.95 Å². The summed E-state index contributed by atoms with van der Waals surface area (Å²) in [7, 11) is 0. The van der Waals surface area contributed by atoms with E-state index < -0.39 is 53.9 Å². The van der Waals surface area contributed by atoms with Gasteiger partial charge in [0, 0.05) is 24.8 Å². The predicted octanol–water partition coefficient (Wildman–Crippen LogP) is -6.05. The largest absolute Gasteiger partial charge is 0.550 e. The number of nitrogen functional groups attached to an aromatic ring is 1. The highest BCUT2D eigenvalue weighted by Gasteiger charge is 2.29. The first-order valence-electron chi connectivity index (χ1n) is 10.2. The number of anilines is 1. The van der Waals surface area contributed by atoms with Crippen molar-refractivity contribution in [2.75, 3.05) is 18.9 Å². The van der Waals surface area contributed by atoms with Gasteiger partial charge in [-0.2, -0.15) is 4.98 Å². The number of aromatic nitrogens is 4. The van der Waals surface area contributed by atoms with Crippen molar-refractivity contribution in [3.8, 4) is 0 Å². The molecule has 2 aromatic rings. The summed E-state index contributed by atoms with van der Waals surface area (Å²) in [5.41, 5.74) is 8.27. The number of nitrogens with two attached hydrogens (primary N) is 2. The van der Waals surface area contributed by atoms with Gasteiger partial charge in [-0.15, -0.1) is 0 Å². The number of carboxylic acid groups (broad SMARTS) is 3. The Bertz CT molecular complexity index is 1130. The first-order chi connectivity index (χ1) is 16.7. The average molecular weight is 513 g/mol. The lowest BCUT2D eigenvalue weighted by Crippen LogP contribution is -2.54. The first kappa shape index (κ1) is 29.9. The van der Waals surface area contributed by atoms with Crippen LogP contribution in [0.1, 0.15) is 26.7 Å². The zero-order valence-electron chi connectivity index (χ0n) is 19.3. The second-order valence-corrected chi connectivity index (χ2v) is 7.73. The van der Waals surface area contributed by atoms with Gasteiger partial charge in [-0.3, -0.25) is 19.1 Å². The van der Waals surface area contributed by atoms with Crippen LogP contribution in [-0.2, 0) is 35.4 Å². The number of esters is 1. The maximum atomic E-state index is 11.6. The molecule has 0 spiro atoms. The van der Waals surface area contributed by atoms with Crippen LogP contribution in [0.25, 0.3) is 11.2 Å². The fourth-order valence-corrected chi connectivity index (χ4v) is 2.48. The van der Waals surface area contributed by atoms with Gasteiger partial charge in [-0.05, 0) is 5.92 Å². The minimum atomic E-state index is -2.97. The number of H-pyrrole nitrogens is 1. The van der Waals surface area contributed by atoms with Crippen LogP contribution in [0.4, 0.5) is 5.95 Å². The highest BCUT2D eigenvalue weighted by molar-refractivity contribution is 5.86. The van der Waals surface area contributed by atoms with Crippen LogP contribution in [0, 0.1) is 5.92 Å². The average Bonchev–Trinajstić information content (AvgIpc) is 3.15. The van der Waals surface area contributed by atoms with Crippen molar-refractivity contribution in [3.05, 3.63) is 16.7 Å². The number of rotatable bonds is 12. The van der Waals surface area contributed by atoms with Crippen LogP contribution in [0.15, 0.2) is 11.1 Å². The Morgan fingerprint density at radius 3 is 2.25 bits per heavy atom. The lowest BCUT2D eigenvalue weighted by molar-refractivity contribution is -0.339. The number of hydrogen-bond acceptors (Lipinski definition) is 15. The Morgan fingerprint density at radius 2 is 1.75 bits per heavy atom. The highest BCUT2D eigenvalue weighted by atomic mass is 16.6. The first-order valence-corrected chi connectivity index (χ1v) is 10.2. The maximum absolute atomic E-state index is 11.6. The summed E-state index contributed by atoms with van der Waals surface area (Å²) in [5.74, 6) is -6.43. The van der Waals surface area contributed by atoms with Gasteiger partial charge < -0.3 is 55.8 Å². The summed E-state index contributed by atoms with van der Waals surface area (Å²) in [6, 6.07) is -0.647. The fraction of sp³-hybridized carbons (Fsp3) is 0.526. The van der Waals surface area contributed by atoms with Crippen molar-refractivity contribution < 1.29 is 49.1 Å². The molecule has 0 aliphatic rings. The van der Waals surface area contributed by atoms with Gasteiger partial charge in [-0.1, -0.05) is 13.8 Å². The number of aromatic amines is 1. The zero-order chi connectivity index (χ0) is 27.6. The molecule has 0 aliphatic carbocycles. The van der Waals surface area contributed by atoms with Crippen molar-refractivity contribution in [1.29, 1.82) is 0 Å². The number of imidazole rings is 1. The molecule has 0 unspecified atom stereocenters. The summed E-state index contributed by atoms with van der Waals surface area (Å²) in [5, 5.41) is 38.9. The van der Waals surface area contributed by atoms with E-state index in [4.69, 9.17) is 26.0 Å². The van der Waals surface area contributed by atoms with Crippen molar-refractivity contribution >= 4 is 41.0 Å². The van der Waals surface area contributed by atoms with Crippen molar-refractivity contribution in [1.82, 2.24) is 19.5 Å². The Kier molecular flexibility index (Phi) is 10.9. The minimum absolute atomic E-state index is 0.000790. The minimum Gasteiger partial charge on any atom is -0.550 e. The van der Waals surface area contributed by atoms with E-state index in [1.54, 1.807) is 0 Å². The molecule has 17 nitrogen and oxygen atoms in total. The molecule has 0 radical (unpaired) electrons. The molecular weight excluding hydrogens is 488 g/mol. The molecule has 1 atom stereocenters. The summed E-state index contributed by atoms with van der Waals surface area (Å²) in [4.78, 5) is 63.5. The number of nitrogens with one attached hydrogen (secondary N) is 1. The van der Waals surface area contributed by atoms with Gasteiger partial charge in [0.25, 0.3) is 5.56 Å². The highest BCUT2D eigenvalue weighted by Crippen LogP contribution is 2.13. The van der Waals surface area contributed by atoms with Crippen LogP contribution < -0.4 is 32.3 Å². The van der Waals surface area contributed by atoms with E-state index in [0.29, 0.717) is 5.65 Å². The predicted molar refractivity (Wildman–Crippen MR) is 111 cm³/mol. The van der Waals surface area contributed by atoms with Gasteiger partial charge >= 0.3 is 5.97 Å². The number of aliphatic carboxylic acids is 3. The molecule has 36 heavy (non-hydrogen) atoms. The van der Waals surface area contributed by atoms with Crippen LogP contribution in [-0.4, -0.2) is 73.4 Å². The second-order valence-electron chi connectivity index (χ2n) is 7.73.